The maximum Gasteiger partial charge on any atom is 0.158 e. The Morgan fingerprint density at radius 3 is 2.33 bits per heavy atom. The van der Waals surface area contributed by atoms with E-state index in [0.717, 1.165) is 29.7 Å². The third kappa shape index (κ3) is 4.91. The minimum absolute atomic E-state index is 0.0944. The van der Waals surface area contributed by atoms with Gasteiger partial charge in [-0.15, -0.1) is 0 Å². The third-order valence-electron chi connectivity index (χ3n) is 2.30. The first-order valence-corrected chi connectivity index (χ1v) is 6.93. The van der Waals surface area contributed by atoms with Crippen LogP contribution >= 0.6 is 0 Å². The molecule has 4 heteroatoms. The lowest BCUT2D eigenvalue weighted by Gasteiger charge is -2.33. The zero-order valence-corrected chi connectivity index (χ0v) is 12.7. The van der Waals surface area contributed by atoms with Crippen LogP contribution in [-0.2, 0) is 9.47 Å². The first-order valence-electron chi connectivity index (χ1n) is 5.93. The maximum atomic E-state index is 5.78. The van der Waals surface area contributed by atoms with E-state index in [1.54, 1.807) is 0 Å². The van der Waals surface area contributed by atoms with Crippen LogP contribution in [0.3, 0.4) is 0 Å². The van der Waals surface area contributed by atoms with Crippen LogP contribution in [0.4, 0.5) is 0 Å². The zero-order valence-electron chi connectivity index (χ0n) is 10.7. The van der Waals surface area contributed by atoms with Crippen LogP contribution < -0.4 is 0 Å². The average Bonchev–Trinajstić information content (AvgIpc) is 2.23. The summed E-state index contributed by atoms with van der Waals surface area (Å²) in [6.07, 6.45) is 3.92. The molecule has 0 spiro atoms. The highest BCUT2D eigenvalue weighted by Crippen LogP contribution is 2.20. The Kier molecular flexibility index (Phi) is 7.91. The molecule has 0 amide bonds. The van der Waals surface area contributed by atoms with Gasteiger partial charge in [0.15, 0.2) is 5.35 Å². The molecule has 0 fully saturated rings. The van der Waals surface area contributed by atoms with E-state index in [4.69, 9.17) is 9.47 Å². The van der Waals surface area contributed by atoms with Crippen molar-refractivity contribution in [2.75, 3.05) is 13.2 Å². The fraction of sp³-hybridized carbons (Fsp3) is 0.909. The van der Waals surface area contributed by atoms with Crippen molar-refractivity contribution in [3.05, 3.63) is 0 Å². The van der Waals surface area contributed by atoms with Crippen molar-refractivity contribution in [3.63, 3.8) is 0 Å². The highest BCUT2D eigenvalue weighted by Gasteiger charge is 2.32. The van der Waals surface area contributed by atoms with Gasteiger partial charge in [-0.2, -0.15) is 0 Å². The van der Waals surface area contributed by atoms with Gasteiger partial charge >= 0.3 is 0 Å². The Hall–Kier alpha value is -0.193. The number of hydrogen-bond acceptors (Lipinski definition) is 3. The molecule has 0 aromatic carbocycles. The summed E-state index contributed by atoms with van der Waals surface area (Å²) in [5.41, 5.74) is 0. The summed E-state index contributed by atoms with van der Waals surface area (Å²) in [5.74, 6) is 0. The molecule has 0 aromatic heterocycles. The Morgan fingerprint density at radius 2 is 1.93 bits per heavy atom. The van der Waals surface area contributed by atoms with Gasteiger partial charge in [-0.3, -0.25) is 4.99 Å². The van der Waals surface area contributed by atoms with Crippen molar-refractivity contribution < 1.29 is 9.47 Å². The van der Waals surface area contributed by atoms with Crippen molar-refractivity contribution in [1.82, 2.24) is 0 Å². The lowest BCUT2D eigenvalue weighted by atomic mass is 10.2. The summed E-state index contributed by atoms with van der Waals surface area (Å²) in [4.78, 5) is 4.54. The van der Waals surface area contributed by atoms with Gasteiger partial charge in [-0.05, 0) is 26.7 Å². The van der Waals surface area contributed by atoms with Crippen molar-refractivity contribution in [3.8, 4) is 0 Å². The highest BCUT2D eigenvalue weighted by molar-refractivity contribution is 6.15. The van der Waals surface area contributed by atoms with E-state index in [1.165, 1.54) is 0 Å². The van der Waals surface area contributed by atoms with E-state index in [1.807, 2.05) is 20.1 Å². The molecule has 0 aromatic rings. The van der Waals surface area contributed by atoms with E-state index in [9.17, 15) is 0 Å². The Bertz CT molecular complexity index is 187. The molecular weight excluding hydrogens is 206 g/mol. The van der Waals surface area contributed by atoms with Gasteiger partial charge in [0.1, 0.15) is 6.10 Å². The Morgan fingerprint density at radius 1 is 1.27 bits per heavy atom. The van der Waals surface area contributed by atoms with E-state index in [2.05, 4.69) is 18.8 Å². The molecule has 0 rings (SSSR count). The molecular formula is C11H25NO2Si. The lowest BCUT2D eigenvalue weighted by molar-refractivity contribution is -0.0899. The third-order valence-corrected chi connectivity index (χ3v) is 3.49. The molecule has 90 valence electrons. The van der Waals surface area contributed by atoms with E-state index in [-0.39, 0.29) is 6.10 Å². The number of nitrogens with zero attached hydrogens (tertiary/aromatic N) is 1. The summed E-state index contributed by atoms with van der Waals surface area (Å²) in [7, 11) is 0.854. The first kappa shape index (κ1) is 14.8. The molecule has 15 heavy (non-hydrogen) atoms. The maximum absolute atomic E-state index is 5.78. The topological polar surface area (TPSA) is 30.8 Å². The molecule has 2 atom stereocenters. The van der Waals surface area contributed by atoms with Crippen LogP contribution in [0.25, 0.3) is 0 Å². The normalized spacial score (nSPS) is 18.1. The summed E-state index contributed by atoms with van der Waals surface area (Å²) >= 11 is 0. The van der Waals surface area contributed by atoms with E-state index in [0.29, 0.717) is 6.61 Å². The molecule has 0 aliphatic rings. The first-order chi connectivity index (χ1) is 7.14. The fourth-order valence-electron chi connectivity index (χ4n) is 1.63. The second-order valence-electron chi connectivity index (χ2n) is 3.56. The van der Waals surface area contributed by atoms with Crippen LogP contribution in [-0.4, -0.2) is 41.1 Å². The highest BCUT2D eigenvalue weighted by atomic mass is 28.1. The van der Waals surface area contributed by atoms with Crippen LogP contribution in [0.15, 0.2) is 4.99 Å². The summed E-state index contributed by atoms with van der Waals surface area (Å²) in [6, 6.07) is 0. The van der Waals surface area contributed by atoms with Gasteiger partial charge in [0.25, 0.3) is 0 Å². The van der Waals surface area contributed by atoms with E-state index < -0.39 is 5.35 Å². The minimum Gasteiger partial charge on any atom is -0.374 e. The second-order valence-corrected chi connectivity index (χ2v) is 4.99. The molecule has 0 saturated heterocycles. The van der Waals surface area contributed by atoms with E-state index >= 15 is 0 Å². The van der Waals surface area contributed by atoms with Crippen molar-refractivity contribution >= 4 is 16.5 Å². The van der Waals surface area contributed by atoms with Crippen molar-refractivity contribution in [1.29, 1.82) is 0 Å². The molecule has 2 unspecified atom stereocenters. The lowest BCUT2D eigenvalue weighted by Crippen LogP contribution is -2.45. The van der Waals surface area contributed by atoms with Gasteiger partial charge in [0, 0.05) is 19.4 Å². The van der Waals surface area contributed by atoms with Gasteiger partial charge < -0.3 is 9.47 Å². The molecule has 0 N–H and O–H groups in total. The molecule has 0 aliphatic carbocycles. The number of aliphatic imine (C=N–C) groups is 1. The van der Waals surface area contributed by atoms with Gasteiger partial charge in [-0.25, -0.2) is 0 Å². The summed E-state index contributed by atoms with van der Waals surface area (Å²) in [6.45, 7) is 9.63. The number of rotatable bonds is 8. The van der Waals surface area contributed by atoms with Crippen LogP contribution in [0.1, 0.15) is 40.5 Å². The SMILES string of the molecule is CCC=NC([SiH3])(OCC)C(CC)OCC. The minimum atomic E-state index is -0.393. The summed E-state index contributed by atoms with van der Waals surface area (Å²) in [5, 5.41) is -0.393. The van der Waals surface area contributed by atoms with Crippen LogP contribution in [0.2, 0.25) is 0 Å². The zero-order chi connectivity index (χ0) is 11.7. The Labute approximate surface area is 96.7 Å². The predicted octanol–water partition coefficient (Wildman–Crippen LogP) is 1.34. The fourth-order valence-corrected chi connectivity index (χ4v) is 2.68. The molecule has 0 bridgehead atoms. The summed E-state index contributed by atoms with van der Waals surface area (Å²) < 4.78 is 11.5. The van der Waals surface area contributed by atoms with Gasteiger partial charge in [0.2, 0.25) is 0 Å². The Balaban J connectivity index is 4.63. The van der Waals surface area contributed by atoms with Crippen LogP contribution in [0, 0.1) is 0 Å². The standard InChI is InChI=1S/C11H25NO2Si/c1-5-9-12-11(15,14-8-4)10(6-2)13-7-3/h9-10H,5-8H2,1-4,15H3. The largest absolute Gasteiger partial charge is 0.374 e. The quantitative estimate of drug-likeness (QED) is 0.466. The van der Waals surface area contributed by atoms with Gasteiger partial charge in [-0.1, -0.05) is 13.8 Å². The van der Waals surface area contributed by atoms with Crippen LogP contribution in [0.5, 0.6) is 0 Å². The number of hydrogen-bond donors (Lipinski definition) is 0. The smallest absolute Gasteiger partial charge is 0.158 e. The van der Waals surface area contributed by atoms with Crippen molar-refractivity contribution in [2.24, 2.45) is 4.99 Å². The molecule has 0 saturated carbocycles. The number of ether oxygens (including phenoxy) is 2. The monoisotopic (exact) mass is 231 g/mol. The van der Waals surface area contributed by atoms with Gasteiger partial charge in [0.05, 0.1) is 10.2 Å². The van der Waals surface area contributed by atoms with Crippen molar-refractivity contribution in [2.45, 2.75) is 52.0 Å². The molecule has 0 radical (unpaired) electrons. The molecule has 0 aliphatic heterocycles. The second kappa shape index (κ2) is 8.02. The molecule has 0 heterocycles. The average molecular weight is 231 g/mol. The molecule has 3 nitrogen and oxygen atoms in total. The predicted molar refractivity (Wildman–Crippen MR) is 68.8 cm³/mol.